The van der Waals surface area contributed by atoms with E-state index >= 15 is 0 Å². The summed E-state index contributed by atoms with van der Waals surface area (Å²) < 4.78 is 0. The van der Waals surface area contributed by atoms with Crippen molar-refractivity contribution in [3.8, 4) is 0 Å². The van der Waals surface area contributed by atoms with Gasteiger partial charge in [-0.3, -0.25) is 9.69 Å². The molecule has 0 aliphatic carbocycles. The van der Waals surface area contributed by atoms with E-state index in [0.717, 1.165) is 24.3 Å². The van der Waals surface area contributed by atoms with Crippen molar-refractivity contribution >= 4 is 23.2 Å². The predicted molar refractivity (Wildman–Crippen MR) is 84.2 cm³/mol. The molecule has 1 N–H and O–H groups in total. The molecule has 1 fully saturated rings. The first kappa shape index (κ1) is 15.3. The van der Waals surface area contributed by atoms with Crippen molar-refractivity contribution in [2.45, 2.75) is 27.2 Å². The van der Waals surface area contributed by atoms with Crippen LogP contribution in [0.5, 0.6) is 0 Å². The maximum atomic E-state index is 12.2. The molecule has 2 rings (SSSR count). The minimum absolute atomic E-state index is 0.0386. The quantitative estimate of drug-likeness (QED) is 0.924. The van der Waals surface area contributed by atoms with Crippen molar-refractivity contribution in [1.29, 1.82) is 0 Å². The lowest BCUT2D eigenvalue weighted by molar-refractivity contribution is -0.117. The predicted octanol–water partition coefficient (Wildman–Crippen LogP) is 3.56. The van der Waals surface area contributed by atoms with Gasteiger partial charge in [-0.2, -0.15) is 0 Å². The fourth-order valence-corrected chi connectivity index (χ4v) is 3.23. The van der Waals surface area contributed by atoms with Crippen LogP contribution in [0.25, 0.3) is 0 Å². The summed E-state index contributed by atoms with van der Waals surface area (Å²) in [4.78, 5) is 14.4. The Morgan fingerprint density at radius 1 is 1.35 bits per heavy atom. The van der Waals surface area contributed by atoms with Gasteiger partial charge in [0.15, 0.2) is 0 Å². The van der Waals surface area contributed by atoms with Crippen molar-refractivity contribution in [3.63, 3.8) is 0 Å². The molecule has 2 atom stereocenters. The molecule has 0 spiro atoms. The Hall–Kier alpha value is -1.06. The van der Waals surface area contributed by atoms with Crippen LogP contribution >= 0.6 is 11.6 Å². The standard InChI is InChI=1S/C16H23ClN2O/c1-11-7-12(2)9-19(8-11)10-16(20)18-15-6-4-5-14(17)13(15)3/h4-6,11-12H,7-10H2,1-3H3,(H,18,20). The number of amides is 1. The van der Waals surface area contributed by atoms with E-state index in [4.69, 9.17) is 11.6 Å². The topological polar surface area (TPSA) is 32.3 Å². The summed E-state index contributed by atoms with van der Waals surface area (Å²) in [6, 6.07) is 5.58. The van der Waals surface area contributed by atoms with Gasteiger partial charge in [0.05, 0.1) is 6.54 Å². The summed E-state index contributed by atoms with van der Waals surface area (Å²) in [5.74, 6) is 1.37. The summed E-state index contributed by atoms with van der Waals surface area (Å²) in [7, 11) is 0. The molecule has 3 nitrogen and oxygen atoms in total. The van der Waals surface area contributed by atoms with Gasteiger partial charge in [-0.05, 0) is 42.9 Å². The molecule has 1 aliphatic heterocycles. The highest BCUT2D eigenvalue weighted by Crippen LogP contribution is 2.23. The average molecular weight is 295 g/mol. The van der Waals surface area contributed by atoms with Gasteiger partial charge in [-0.1, -0.05) is 31.5 Å². The molecule has 4 heteroatoms. The zero-order valence-corrected chi connectivity index (χ0v) is 13.2. The van der Waals surface area contributed by atoms with E-state index in [2.05, 4.69) is 24.1 Å². The Morgan fingerprint density at radius 3 is 2.65 bits per heavy atom. The average Bonchev–Trinajstić information content (AvgIpc) is 2.33. The fraction of sp³-hybridized carbons (Fsp3) is 0.562. The number of anilines is 1. The van der Waals surface area contributed by atoms with Crippen LogP contribution in [-0.4, -0.2) is 30.4 Å². The van der Waals surface area contributed by atoms with E-state index < -0.39 is 0 Å². The summed E-state index contributed by atoms with van der Waals surface area (Å²) in [5, 5.41) is 3.65. The number of hydrogen-bond acceptors (Lipinski definition) is 2. The Bertz CT molecular complexity index is 479. The van der Waals surface area contributed by atoms with Crippen molar-refractivity contribution in [1.82, 2.24) is 4.90 Å². The fourth-order valence-electron chi connectivity index (χ4n) is 3.06. The second kappa shape index (κ2) is 6.59. The maximum absolute atomic E-state index is 12.2. The van der Waals surface area contributed by atoms with Crippen LogP contribution in [0.3, 0.4) is 0 Å². The van der Waals surface area contributed by atoms with Crippen LogP contribution in [0.2, 0.25) is 5.02 Å². The molecule has 0 radical (unpaired) electrons. The third kappa shape index (κ3) is 3.97. The zero-order valence-electron chi connectivity index (χ0n) is 12.4. The lowest BCUT2D eigenvalue weighted by atomic mass is 9.92. The summed E-state index contributed by atoms with van der Waals surface area (Å²) in [5.41, 5.74) is 1.73. The van der Waals surface area contributed by atoms with Crippen LogP contribution in [-0.2, 0) is 4.79 Å². The molecule has 1 aromatic carbocycles. The Labute approximate surface area is 126 Å². The molecule has 1 heterocycles. The number of carbonyl (C=O) groups is 1. The van der Waals surface area contributed by atoms with Gasteiger partial charge in [0, 0.05) is 23.8 Å². The molecule has 110 valence electrons. The molecule has 0 bridgehead atoms. The molecule has 0 saturated carbocycles. The smallest absolute Gasteiger partial charge is 0.238 e. The van der Waals surface area contributed by atoms with E-state index in [9.17, 15) is 4.79 Å². The van der Waals surface area contributed by atoms with Gasteiger partial charge < -0.3 is 5.32 Å². The highest BCUT2D eigenvalue weighted by atomic mass is 35.5. The number of halogens is 1. The molecule has 2 unspecified atom stereocenters. The van der Waals surface area contributed by atoms with E-state index in [1.165, 1.54) is 6.42 Å². The largest absolute Gasteiger partial charge is 0.325 e. The molecular formula is C16H23ClN2O. The van der Waals surface area contributed by atoms with Crippen LogP contribution in [0, 0.1) is 18.8 Å². The first-order chi connectivity index (χ1) is 9.45. The van der Waals surface area contributed by atoms with Gasteiger partial charge in [-0.25, -0.2) is 0 Å². The Kier molecular flexibility index (Phi) is 5.06. The first-order valence-electron chi connectivity index (χ1n) is 7.23. The van der Waals surface area contributed by atoms with Crippen LogP contribution in [0.1, 0.15) is 25.8 Å². The number of benzene rings is 1. The van der Waals surface area contributed by atoms with Crippen LogP contribution in [0.15, 0.2) is 18.2 Å². The molecule has 1 aliphatic rings. The van der Waals surface area contributed by atoms with Gasteiger partial charge in [0.1, 0.15) is 0 Å². The minimum Gasteiger partial charge on any atom is -0.325 e. The van der Waals surface area contributed by atoms with E-state index in [1.54, 1.807) is 0 Å². The maximum Gasteiger partial charge on any atom is 0.238 e. The summed E-state index contributed by atoms with van der Waals surface area (Å²) in [6.07, 6.45) is 1.26. The number of nitrogens with zero attached hydrogens (tertiary/aromatic N) is 1. The van der Waals surface area contributed by atoms with Crippen molar-refractivity contribution in [2.75, 3.05) is 25.0 Å². The highest BCUT2D eigenvalue weighted by Gasteiger charge is 2.23. The van der Waals surface area contributed by atoms with Crippen molar-refractivity contribution < 1.29 is 4.79 Å². The third-order valence-electron chi connectivity index (χ3n) is 3.85. The number of carbonyl (C=O) groups excluding carboxylic acids is 1. The number of piperidine rings is 1. The summed E-state index contributed by atoms with van der Waals surface area (Å²) >= 11 is 6.07. The van der Waals surface area contributed by atoms with E-state index in [1.807, 2.05) is 25.1 Å². The number of likely N-dealkylation sites (tertiary alicyclic amines) is 1. The number of nitrogens with one attached hydrogen (secondary N) is 1. The van der Waals surface area contributed by atoms with Gasteiger partial charge in [0.25, 0.3) is 0 Å². The normalized spacial score (nSPS) is 23.6. The second-order valence-corrected chi connectivity index (χ2v) is 6.51. The highest BCUT2D eigenvalue weighted by molar-refractivity contribution is 6.31. The molecule has 1 saturated heterocycles. The van der Waals surface area contributed by atoms with E-state index in [-0.39, 0.29) is 5.91 Å². The monoisotopic (exact) mass is 294 g/mol. The molecule has 20 heavy (non-hydrogen) atoms. The summed E-state index contributed by atoms with van der Waals surface area (Å²) in [6.45, 7) is 8.89. The first-order valence-corrected chi connectivity index (χ1v) is 7.61. The lowest BCUT2D eigenvalue weighted by Crippen LogP contribution is -2.42. The minimum atomic E-state index is 0.0386. The van der Waals surface area contributed by atoms with E-state index in [0.29, 0.717) is 23.4 Å². The second-order valence-electron chi connectivity index (χ2n) is 6.10. The van der Waals surface area contributed by atoms with Crippen LogP contribution < -0.4 is 5.32 Å². The Balaban J connectivity index is 1.94. The Morgan fingerprint density at radius 2 is 2.00 bits per heavy atom. The lowest BCUT2D eigenvalue weighted by Gasteiger charge is -2.34. The molecule has 1 aromatic rings. The van der Waals surface area contributed by atoms with Crippen molar-refractivity contribution in [3.05, 3.63) is 28.8 Å². The SMILES string of the molecule is Cc1c(Cl)cccc1NC(=O)CN1CC(C)CC(C)C1. The van der Waals surface area contributed by atoms with Gasteiger partial charge in [0.2, 0.25) is 5.91 Å². The van der Waals surface area contributed by atoms with Crippen LogP contribution in [0.4, 0.5) is 5.69 Å². The van der Waals surface area contributed by atoms with Crippen molar-refractivity contribution in [2.24, 2.45) is 11.8 Å². The number of rotatable bonds is 3. The molecular weight excluding hydrogens is 272 g/mol. The number of hydrogen-bond donors (Lipinski definition) is 1. The molecule has 1 amide bonds. The van der Waals surface area contributed by atoms with Gasteiger partial charge >= 0.3 is 0 Å². The van der Waals surface area contributed by atoms with Gasteiger partial charge in [-0.15, -0.1) is 0 Å². The molecule has 0 aromatic heterocycles. The zero-order chi connectivity index (χ0) is 14.7. The third-order valence-corrected chi connectivity index (χ3v) is 4.26.